The summed E-state index contributed by atoms with van der Waals surface area (Å²) >= 11 is 0. The molecule has 27 heavy (non-hydrogen) atoms. The first-order valence-corrected chi connectivity index (χ1v) is 8.75. The highest BCUT2D eigenvalue weighted by molar-refractivity contribution is 5.86. The third-order valence-corrected chi connectivity index (χ3v) is 4.38. The molecule has 0 radical (unpaired) electrons. The fraction of sp³-hybridized carbons (Fsp3) is 0.143. The molecule has 0 aliphatic heterocycles. The number of nitrogens with one attached hydrogen (secondary N) is 2. The molecule has 4 aromatic rings. The molecule has 0 aliphatic rings. The van der Waals surface area contributed by atoms with Crippen molar-refractivity contribution < 1.29 is 0 Å². The smallest absolute Gasteiger partial charge is 0.231 e. The van der Waals surface area contributed by atoms with Crippen molar-refractivity contribution in [2.45, 2.75) is 20.8 Å². The van der Waals surface area contributed by atoms with Crippen LogP contribution in [0.25, 0.3) is 11.2 Å². The second-order valence-electron chi connectivity index (χ2n) is 6.54. The highest BCUT2D eigenvalue weighted by Crippen LogP contribution is 2.25. The number of aromatic nitrogens is 4. The van der Waals surface area contributed by atoms with Gasteiger partial charge in [-0.1, -0.05) is 18.2 Å². The lowest BCUT2D eigenvalue weighted by Gasteiger charge is -2.12. The van der Waals surface area contributed by atoms with E-state index in [-0.39, 0.29) is 0 Å². The number of nitrogens with zero attached hydrogens (tertiary/aromatic N) is 4. The Morgan fingerprint density at radius 1 is 0.741 bits per heavy atom. The van der Waals surface area contributed by atoms with E-state index in [2.05, 4.69) is 56.5 Å². The predicted octanol–water partition coefficient (Wildman–Crippen LogP) is 4.83. The van der Waals surface area contributed by atoms with E-state index in [4.69, 9.17) is 0 Å². The van der Waals surface area contributed by atoms with Crippen LogP contribution in [-0.2, 0) is 0 Å². The molecule has 6 heteroatoms. The lowest BCUT2D eigenvalue weighted by Crippen LogP contribution is -2.04. The standard InChI is InChI=1S/C21H20N6/c1-13-5-4-6-16(11-13)25-21-26-19-18(22-9-10-23-19)20(27-21)24-17-8-7-14(2)15(3)12-17/h4-12H,1-3H3,(H2,23,24,25,26,27). The Hall–Kier alpha value is -3.54. The number of fused-ring (bicyclic) bond motifs is 1. The number of anilines is 4. The Balaban J connectivity index is 1.75. The molecule has 0 atom stereocenters. The van der Waals surface area contributed by atoms with E-state index in [1.165, 1.54) is 11.1 Å². The second kappa shape index (κ2) is 6.99. The van der Waals surface area contributed by atoms with E-state index in [9.17, 15) is 0 Å². The number of rotatable bonds is 4. The van der Waals surface area contributed by atoms with Gasteiger partial charge in [-0.05, 0) is 61.7 Å². The summed E-state index contributed by atoms with van der Waals surface area (Å²) in [5, 5.41) is 6.61. The van der Waals surface area contributed by atoms with Gasteiger partial charge in [0.15, 0.2) is 17.0 Å². The fourth-order valence-electron chi connectivity index (χ4n) is 2.81. The highest BCUT2D eigenvalue weighted by Gasteiger charge is 2.11. The second-order valence-corrected chi connectivity index (χ2v) is 6.54. The van der Waals surface area contributed by atoms with Crippen molar-refractivity contribution in [1.82, 2.24) is 19.9 Å². The lowest BCUT2D eigenvalue weighted by atomic mass is 10.1. The largest absolute Gasteiger partial charge is 0.338 e. The zero-order valence-corrected chi connectivity index (χ0v) is 15.5. The van der Waals surface area contributed by atoms with Gasteiger partial charge in [-0.25, -0.2) is 9.97 Å². The number of hydrogen-bond acceptors (Lipinski definition) is 6. The molecule has 0 aliphatic carbocycles. The molecule has 2 aromatic heterocycles. The molecule has 2 aromatic carbocycles. The first kappa shape index (κ1) is 16.9. The molecule has 0 unspecified atom stereocenters. The van der Waals surface area contributed by atoms with Gasteiger partial charge >= 0.3 is 0 Å². The van der Waals surface area contributed by atoms with Gasteiger partial charge in [0.25, 0.3) is 0 Å². The highest BCUT2D eigenvalue weighted by atomic mass is 15.2. The monoisotopic (exact) mass is 356 g/mol. The zero-order chi connectivity index (χ0) is 18.8. The van der Waals surface area contributed by atoms with Gasteiger partial charge in [0, 0.05) is 23.8 Å². The fourth-order valence-corrected chi connectivity index (χ4v) is 2.81. The predicted molar refractivity (Wildman–Crippen MR) is 109 cm³/mol. The quantitative estimate of drug-likeness (QED) is 0.545. The van der Waals surface area contributed by atoms with E-state index >= 15 is 0 Å². The van der Waals surface area contributed by atoms with Crippen LogP contribution in [0.4, 0.5) is 23.1 Å². The molecule has 4 rings (SSSR count). The van der Waals surface area contributed by atoms with E-state index in [0.717, 1.165) is 16.9 Å². The Labute approximate surface area is 157 Å². The molecule has 6 nitrogen and oxygen atoms in total. The summed E-state index contributed by atoms with van der Waals surface area (Å²) in [6, 6.07) is 14.3. The van der Waals surface area contributed by atoms with Crippen LogP contribution in [-0.4, -0.2) is 19.9 Å². The summed E-state index contributed by atoms with van der Waals surface area (Å²) in [6.07, 6.45) is 3.27. The van der Waals surface area contributed by atoms with Crippen LogP contribution in [0.1, 0.15) is 16.7 Å². The Morgan fingerprint density at radius 2 is 1.56 bits per heavy atom. The number of aryl methyl sites for hydroxylation is 3. The molecule has 2 N–H and O–H groups in total. The van der Waals surface area contributed by atoms with Gasteiger partial charge in [-0.3, -0.25) is 0 Å². The average Bonchev–Trinajstić information content (AvgIpc) is 2.65. The zero-order valence-electron chi connectivity index (χ0n) is 15.5. The van der Waals surface area contributed by atoms with Gasteiger partial charge in [0.1, 0.15) is 0 Å². The summed E-state index contributed by atoms with van der Waals surface area (Å²) in [5.41, 5.74) is 6.66. The number of hydrogen-bond donors (Lipinski definition) is 2. The van der Waals surface area contributed by atoms with Crippen molar-refractivity contribution in [3.05, 3.63) is 71.5 Å². The SMILES string of the molecule is Cc1cccc(Nc2nc(Nc3ccc(C)c(C)c3)c3nccnc3n2)c1. The van der Waals surface area contributed by atoms with Gasteiger partial charge in [0.2, 0.25) is 5.95 Å². The molecular formula is C21H20N6. The molecule has 0 spiro atoms. The topological polar surface area (TPSA) is 75.6 Å². The minimum Gasteiger partial charge on any atom is -0.338 e. The molecule has 0 fully saturated rings. The minimum absolute atomic E-state index is 0.472. The van der Waals surface area contributed by atoms with Crippen LogP contribution >= 0.6 is 0 Å². The average molecular weight is 356 g/mol. The summed E-state index contributed by atoms with van der Waals surface area (Å²) in [6.45, 7) is 6.22. The maximum absolute atomic E-state index is 4.64. The van der Waals surface area contributed by atoms with Crippen LogP contribution in [0.15, 0.2) is 54.9 Å². The van der Waals surface area contributed by atoms with Crippen molar-refractivity contribution in [1.29, 1.82) is 0 Å². The van der Waals surface area contributed by atoms with Crippen molar-refractivity contribution in [3.63, 3.8) is 0 Å². The normalized spacial score (nSPS) is 10.8. The summed E-state index contributed by atoms with van der Waals surface area (Å²) in [7, 11) is 0. The van der Waals surface area contributed by atoms with Crippen molar-refractivity contribution >= 4 is 34.3 Å². The van der Waals surface area contributed by atoms with Crippen molar-refractivity contribution in [2.24, 2.45) is 0 Å². The number of benzene rings is 2. The van der Waals surface area contributed by atoms with Crippen molar-refractivity contribution in [3.8, 4) is 0 Å². The van der Waals surface area contributed by atoms with Gasteiger partial charge in [-0.2, -0.15) is 9.97 Å². The Bertz CT molecular complexity index is 1120. The van der Waals surface area contributed by atoms with Crippen LogP contribution in [0.5, 0.6) is 0 Å². The van der Waals surface area contributed by atoms with Gasteiger partial charge in [0.05, 0.1) is 0 Å². The third kappa shape index (κ3) is 3.69. The van der Waals surface area contributed by atoms with E-state index in [1.54, 1.807) is 12.4 Å². The van der Waals surface area contributed by atoms with E-state index < -0.39 is 0 Å². The van der Waals surface area contributed by atoms with Crippen LogP contribution < -0.4 is 10.6 Å². The molecular weight excluding hydrogens is 336 g/mol. The Kier molecular flexibility index (Phi) is 4.38. The van der Waals surface area contributed by atoms with Gasteiger partial charge in [-0.15, -0.1) is 0 Å². The maximum Gasteiger partial charge on any atom is 0.231 e. The third-order valence-electron chi connectivity index (χ3n) is 4.38. The molecule has 0 saturated heterocycles. The van der Waals surface area contributed by atoms with E-state index in [0.29, 0.717) is 22.9 Å². The first-order chi connectivity index (χ1) is 13.1. The lowest BCUT2D eigenvalue weighted by molar-refractivity contribution is 1.15. The minimum atomic E-state index is 0.472. The molecule has 134 valence electrons. The van der Waals surface area contributed by atoms with E-state index in [1.807, 2.05) is 37.3 Å². The molecule has 2 heterocycles. The summed E-state index contributed by atoms with van der Waals surface area (Å²) in [4.78, 5) is 17.9. The first-order valence-electron chi connectivity index (χ1n) is 8.75. The maximum atomic E-state index is 4.64. The van der Waals surface area contributed by atoms with Crippen LogP contribution in [0.2, 0.25) is 0 Å². The summed E-state index contributed by atoms with van der Waals surface area (Å²) < 4.78 is 0. The van der Waals surface area contributed by atoms with Crippen molar-refractivity contribution in [2.75, 3.05) is 10.6 Å². The van der Waals surface area contributed by atoms with Crippen LogP contribution in [0.3, 0.4) is 0 Å². The molecule has 0 bridgehead atoms. The van der Waals surface area contributed by atoms with Gasteiger partial charge < -0.3 is 10.6 Å². The molecule has 0 amide bonds. The Morgan fingerprint density at radius 3 is 2.37 bits per heavy atom. The van der Waals surface area contributed by atoms with Crippen LogP contribution in [0, 0.1) is 20.8 Å². The molecule has 0 saturated carbocycles. The summed E-state index contributed by atoms with van der Waals surface area (Å²) in [5.74, 6) is 1.09.